The highest BCUT2D eigenvalue weighted by atomic mass is 19.1. The van der Waals surface area contributed by atoms with E-state index in [2.05, 4.69) is 0 Å². The number of nitrogens with zero attached hydrogens (tertiary/aromatic N) is 2. The van der Waals surface area contributed by atoms with E-state index in [1.54, 1.807) is 42.1 Å². The molecule has 36 heavy (non-hydrogen) atoms. The lowest BCUT2D eigenvalue weighted by Crippen LogP contribution is -2.10. The van der Waals surface area contributed by atoms with Gasteiger partial charge in [0.05, 0.1) is 39.3 Å². The zero-order chi connectivity index (χ0) is 25.7. The van der Waals surface area contributed by atoms with E-state index < -0.39 is 12.6 Å². The average Bonchev–Trinajstić information content (AvgIpc) is 3.30. The number of carboxylic acids is 1. The van der Waals surface area contributed by atoms with Gasteiger partial charge in [-0.25, -0.2) is 9.18 Å². The van der Waals surface area contributed by atoms with Gasteiger partial charge in [0.1, 0.15) is 17.3 Å². The van der Waals surface area contributed by atoms with Gasteiger partial charge in [-0.1, -0.05) is 30.3 Å². The molecule has 4 aromatic rings. The number of aliphatic carboxylic acids is 1. The molecular weight excluding hydrogens is 467 g/mol. The Hall–Kier alpha value is -4.53. The Bertz CT molecular complexity index is 1380. The van der Waals surface area contributed by atoms with Gasteiger partial charge in [0.2, 0.25) is 0 Å². The number of para-hydroxylation sites is 1. The summed E-state index contributed by atoms with van der Waals surface area (Å²) in [6.45, 7) is -0.213. The molecule has 0 fully saturated rings. The summed E-state index contributed by atoms with van der Waals surface area (Å²) in [4.78, 5) is 11.2. The average molecular weight is 493 g/mol. The van der Waals surface area contributed by atoms with Crippen molar-refractivity contribution < 1.29 is 33.2 Å². The van der Waals surface area contributed by atoms with Crippen LogP contribution in [0.1, 0.15) is 5.56 Å². The van der Waals surface area contributed by atoms with Crippen LogP contribution >= 0.6 is 0 Å². The van der Waals surface area contributed by atoms with Crippen molar-refractivity contribution in [1.29, 1.82) is 0 Å². The lowest BCUT2D eigenvalue weighted by molar-refractivity contribution is -0.139. The van der Waals surface area contributed by atoms with Gasteiger partial charge in [-0.05, 0) is 30.3 Å². The normalized spacial score (nSPS) is 10.7. The fourth-order valence-corrected chi connectivity index (χ4v) is 3.86. The fourth-order valence-electron chi connectivity index (χ4n) is 3.86. The van der Waals surface area contributed by atoms with Crippen LogP contribution in [0.4, 0.5) is 4.39 Å². The van der Waals surface area contributed by atoms with Gasteiger partial charge in [0.25, 0.3) is 0 Å². The summed E-state index contributed by atoms with van der Waals surface area (Å²) in [6.07, 6.45) is 0. The highest BCUT2D eigenvalue weighted by Gasteiger charge is 2.20. The molecule has 9 heteroatoms. The number of hydrogen-bond acceptors (Lipinski definition) is 6. The van der Waals surface area contributed by atoms with Crippen molar-refractivity contribution in [2.45, 2.75) is 6.54 Å². The molecule has 0 radical (unpaired) electrons. The van der Waals surface area contributed by atoms with Gasteiger partial charge >= 0.3 is 5.97 Å². The quantitative estimate of drug-likeness (QED) is 0.337. The number of ether oxygens (including phenoxy) is 4. The first-order chi connectivity index (χ1) is 17.4. The van der Waals surface area contributed by atoms with Crippen LogP contribution in [0.3, 0.4) is 0 Å². The number of rotatable bonds is 10. The third kappa shape index (κ3) is 5.25. The Balaban J connectivity index is 1.89. The number of carbonyl (C=O) groups is 1. The van der Waals surface area contributed by atoms with Crippen molar-refractivity contribution in [2.24, 2.45) is 0 Å². The summed E-state index contributed by atoms with van der Waals surface area (Å²) in [5.74, 6) is 0.231. The Morgan fingerprint density at radius 1 is 0.889 bits per heavy atom. The van der Waals surface area contributed by atoms with E-state index in [9.17, 15) is 9.18 Å². The summed E-state index contributed by atoms with van der Waals surface area (Å²) < 4.78 is 37.7. The third-order valence-corrected chi connectivity index (χ3v) is 5.53. The summed E-state index contributed by atoms with van der Waals surface area (Å²) in [7, 11) is 4.57. The largest absolute Gasteiger partial charge is 0.496 e. The minimum absolute atomic E-state index is 0.253. The molecule has 0 bridgehead atoms. The van der Waals surface area contributed by atoms with E-state index in [0.29, 0.717) is 46.3 Å². The molecule has 0 aliphatic heterocycles. The van der Waals surface area contributed by atoms with E-state index in [1.807, 2.05) is 24.3 Å². The number of methoxy groups -OCH3 is 3. The monoisotopic (exact) mass is 492 g/mol. The van der Waals surface area contributed by atoms with Crippen LogP contribution in [0.5, 0.6) is 23.0 Å². The number of hydrogen-bond donors (Lipinski definition) is 1. The Morgan fingerprint density at radius 3 is 2.31 bits per heavy atom. The minimum atomic E-state index is -1.13. The van der Waals surface area contributed by atoms with Gasteiger partial charge in [-0.15, -0.1) is 0 Å². The molecule has 0 aliphatic rings. The maximum absolute atomic E-state index is 14.1. The van der Waals surface area contributed by atoms with Crippen molar-refractivity contribution >= 4 is 5.97 Å². The van der Waals surface area contributed by atoms with Crippen LogP contribution in [-0.4, -0.2) is 48.8 Å². The zero-order valence-corrected chi connectivity index (χ0v) is 20.0. The first-order valence-electron chi connectivity index (χ1n) is 11.0. The second kappa shape index (κ2) is 10.8. The van der Waals surface area contributed by atoms with Gasteiger partial charge in [-0.2, -0.15) is 5.10 Å². The van der Waals surface area contributed by atoms with Crippen LogP contribution in [0.2, 0.25) is 0 Å². The predicted molar refractivity (Wildman–Crippen MR) is 131 cm³/mol. The molecule has 0 atom stereocenters. The summed E-state index contributed by atoms with van der Waals surface area (Å²) in [5, 5.41) is 13.9. The standard InChI is InChI=1S/C27H25FN2O6/c1-33-23-10-5-4-7-18(23)15-30-22(17-8-6-9-19(28)11-17)13-21(29-30)20-12-25(34-2)26(35-3)14-24(20)36-16-27(31)32/h4-14H,15-16H2,1-3H3,(H,31,32). The molecule has 0 saturated heterocycles. The van der Waals surface area contributed by atoms with E-state index in [4.69, 9.17) is 29.2 Å². The molecular formula is C27H25FN2O6. The van der Waals surface area contributed by atoms with Crippen LogP contribution in [0.25, 0.3) is 22.5 Å². The number of halogens is 1. The Morgan fingerprint density at radius 2 is 1.61 bits per heavy atom. The molecule has 186 valence electrons. The molecule has 4 rings (SSSR count). The zero-order valence-electron chi connectivity index (χ0n) is 20.0. The Labute approximate surface area is 207 Å². The molecule has 0 aliphatic carbocycles. The molecule has 0 amide bonds. The van der Waals surface area contributed by atoms with Crippen LogP contribution in [-0.2, 0) is 11.3 Å². The highest BCUT2D eigenvalue weighted by molar-refractivity contribution is 5.76. The minimum Gasteiger partial charge on any atom is -0.496 e. The van der Waals surface area contributed by atoms with Gasteiger partial charge in [0.15, 0.2) is 18.1 Å². The van der Waals surface area contributed by atoms with E-state index >= 15 is 0 Å². The van der Waals surface area contributed by atoms with Gasteiger partial charge < -0.3 is 24.1 Å². The van der Waals surface area contributed by atoms with E-state index in [-0.39, 0.29) is 11.6 Å². The molecule has 0 saturated carbocycles. The van der Waals surface area contributed by atoms with Crippen molar-refractivity contribution in [3.8, 4) is 45.5 Å². The topological polar surface area (TPSA) is 92.0 Å². The fraction of sp³-hybridized carbons (Fsp3) is 0.185. The van der Waals surface area contributed by atoms with Gasteiger partial charge in [-0.3, -0.25) is 4.68 Å². The number of aromatic nitrogens is 2. The van der Waals surface area contributed by atoms with Crippen molar-refractivity contribution in [3.63, 3.8) is 0 Å². The van der Waals surface area contributed by atoms with Crippen LogP contribution < -0.4 is 18.9 Å². The highest BCUT2D eigenvalue weighted by Crippen LogP contribution is 2.41. The summed E-state index contributed by atoms with van der Waals surface area (Å²) >= 11 is 0. The lowest BCUT2D eigenvalue weighted by atomic mass is 10.1. The molecule has 8 nitrogen and oxygen atoms in total. The maximum Gasteiger partial charge on any atom is 0.341 e. The Kier molecular flexibility index (Phi) is 7.39. The third-order valence-electron chi connectivity index (χ3n) is 5.53. The predicted octanol–water partition coefficient (Wildman–Crippen LogP) is 4.89. The van der Waals surface area contributed by atoms with Crippen molar-refractivity contribution in [3.05, 3.63) is 78.1 Å². The maximum atomic E-state index is 14.1. The molecule has 0 unspecified atom stereocenters. The van der Waals surface area contributed by atoms with Crippen LogP contribution in [0.15, 0.2) is 66.7 Å². The molecule has 3 aromatic carbocycles. The SMILES string of the molecule is COc1ccccc1Cn1nc(-c2cc(OC)c(OC)cc2OCC(=O)O)cc1-c1cccc(F)c1. The number of carboxylic acid groups (broad SMARTS) is 1. The molecule has 1 aromatic heterocycles. The second-order valence-electron chi connectivity index (χ2n) is 7.78. The first-order valence-corrected chi connectivity index (χ1v) is 11.0. The smallest absolute Gasteiger partial charge is 0.341 e. The van der Waals surface area contributed by atoms with E-state index in [0.717, 1.165) is 5.56 Å². The van der Waals surface area contributed by atoms with Crippen molar-refractivity contribution in [2.75, 3.05) is 27.9 Å². The van der Waals surface area contributed by atoms with E-state index in [1.165, 1.54) is 26.4 Å². The summed E-state index contributed by atoms with van der Waals surface area (Å²) in [6, 6.07) is 18.8. The summed E-state index contributed by atoms with van der Waals surface area (Å²) in [5.41, 5.74) is 3.12. The van der Waals surface area contributed by atoms with Gasteiger partial charge in [0, 0.05) is 22.8 Å². The molecule has 1 N–H and O–H groups in total. The molecule has 1 heterocycles. The van der Waals surface area contributed by atoms with Crippen molar-refractivity contribution in [1.82, 2.24) is 9.78 Å². The molecule has 0 spiro atoms. The second-order valence-corrected chi connectivity index (χ2v) is 7.78. The first kappa shape index (κ1) is 24.6. The van der Waals surface area contributed by atoms with Crippen LogP contribution in [0, 0.1) is 5.82 Å². The number of benzene rings is 3. The lowest BCUT2D eigenvalue weighted by Gasteiger charge is -2.14.